The van der Waals surface area contributed by atoms with E-state index in [1.54, 1.807) is 5.51 Å². The molecule has 4 nitrogen and oxygen atoms in total. The number of amides is 1. The topological polar surface area (TPSA) is 36.4 Å². The van der Waals surface area contributed by atoms with Crippen LogP contribution in [0.4, 0.5) is 0 Å². The summed E-state index contributed by atoms with van der Waals surface area (Å²) in [6.07, 6.45) is 0. The van der Waals surface area contributed by atoms with Crippen molar-refractivity contribution in [1.29, 1.82) is 0 Å². The molecule has 0 bridgehead atoms. The van der Waals surface area contributed by atoms with Crippen molar-refractivity contribution >= 4 is 17.2 Å². The zero-order valence-corrected chi connectivity index (χ0v) is 17.2. The van der Waals surface area contributed by atoms with Crippen LogP contribution in [0.1, 0.15) is 27.5 Å². The van der Waals surface area contributed by atoms with E-state index in [4.69, 9.17) is 0 Å². The Balaban J connectivity index is 1.27. The Morgan fingerprint density at radius 2 is 1.52 bits per heavy atom. The second kappa shape index (κ2) is 8.09. The average molecular weight is 404 g/mol. The fourth-order valence-electron chi connectivity index (χ4n) is 4.92. The first-order valence-electron chi connectivity index (χ1n) is 10.3. The van der Waals surface area contributed by atoms with Gasteiger partial charge < -0.3 is 9.80 Å². The second-order valence-corrected chi connectivity index (χ2v) is 8.92. The Kier molecular flexibility index (Phi) is 5.17. The minimum atomic E-state index is 0.0960. The highest BCUT2D eigenvalue weighted by molar-refractivity contribution is 7.07. The van der Waals surface area contributed by atoms with Gasteiger partial charge in [0.15, 0.2) is 0 Å². The molecule has 2 aromatic carbocycles. The molecule has 5 heteroatoms. The Morgan fingerprint density at radius 1 is 0.931 bits per heavy atom. The van der Waals surface area contributed by atoms with Crippen molar-refractivity contribution in [1.82, 2.24) is 14.8 Å². The molecule has 3 heterocycles. The number of hydrogen-bond donors (Lipinski definition) is 0. The number of likely N-dealkylation sites (tertiary alicyclic amines) is 2. The highest BCUT2D eigenvalue weighted by atomic mass is 32.1. The maximum absolute atomic E-state index is 12.6. The maximum atomic E-state index is 12.6. The Morgan fingerprint density at radius 3 is 2.03 bits per heavy atom. The van der Waals surface area contributed by atoms with Gasteiger partial charge in [-0.1, -0.05) is 60.7 Å². The van der Waals surface area contributed by atoms with Crippen LogP contribution in [0.2, 0.25) is 0 Å². The van der Waals surface area contributed by atoms with Gasteiger partial charge in [0.05, 0.1) is 5.51 Å². The molecule has 148 valence electrons. The van der Waals surface area contributed by atoms with Crippen molar-refractivity contribution in [3.8, 4) is 0 Å². The molecule has 29 heavy (non-hydrogen) atoms. The van der Waals surface area contributed by atoms with E-state index in [1.807, 2.05) is 10.3 Å². The zero-order chi connectivity index (χ0) is 19.6. The lowest BCUT2D eigenvalue weighted by atomic mass is 9.91. The SMILES string of the molecule is O=C(c1cscn1)N1CC2CN(CC(c3ccccc3)c3ccccc3)CC2C1. The van der Waals surface area contributed by atoms with Crippen molar-refractivity contribution in [2.75, 3.05) is 32.7 Å². The predicted octanol–water partition coefficient (Wildman–Crippen LogP) is 3.98. The standard InChI is InChI=1S/C24H25N3OS/c28-24(23-16-29-17-25-23)27-13-20-11-26(12-21(20)14-27)15-22(18-7-3-1-4-8-18)19-9-5-2-6-10-19/h1-10,16-17,20-22H,11-15H2. The van der Waals surface area contributed by atoms with E-state index in [0.717, 1.165) is 32.7 Å². The molecule has 0 spiro atoms. The van der Waals surface area contributed by atoms with Crippen LogP contribution in [0, 0.1) is 11.8 Å². The highest BCUT2D eigenvalue weighted by Crippen LogP contribution is 2.34. The smallest absolute Gasteiger partial charge is 0.273 e. The summed E-state index contributed by atoms with van der Waals surface area (Å²) in [5.41, 5.74) is 5.08. The largest absolute Gasteiger partial charge is 0.337 e. The van der Waals surface area contributed by atoms with Gasteiger partial charge in [-0.05, 0) is 23.0 Å². The molecule has 0 radical (unpaired) electrons. The third-order valence-corrected chi connectivity index (χ3v) is 6.93. The van der Waals surface area contributed by atoms with Crippen LogP contribution in [0.15, 0.2) is 71.6 Å². The molecule has 0 aliphatic carbocycles. The molecular weight excluding hydrogens is 378 g/mol. The van der Waals surface area contributed by atoms with Gasteiger partial charge in [0.2, 0.25) is 0 Å². The fraction of sp³-hybridized carbons (Fsp3) is 0.333. The summed E-state index contributed by atoms with van der Waals surface area (Å²) in [5, 5.41) is 1.85. The first-order valence-corrected chi connectivity index (χ1v) is 11.2. The molecule has 1 aromatic heterocycles. The minimum Gasteiger partial charge on any atom is -0.337 e. The van der Waals surface area contributed by atoms with Crippen LogP contribution in [0.3, 0.4) is 0 Å². The Labute approximate surface area is 175 Å². The van der Waals surface area contributed by atoms with Crippen molar-refractivity contribution in [3.63, 3.8) is 0 Å². The van der Waals surface area contributed by atoms with Crippen LogP contribution in [0.25, 0.3) is 0 Å². The molecule has 2 unspecified atom stereocenters. The van der Waals surface area contributed by atoms with E-state index >= 15 is 0 Å². The summed E-state index contributed by atoms with van der Waals surface area (Å²) in [5.74, 6) is 1.62. The molecule has 1 amide bonds. The number of carbonyl (C=O) groups is 1. The summed E-state index contributed by atoms with van der Waals surface area (Å²) < 4.78 is 0. The summed E-state index contributed by atoms with van der Waals surface area (Å²) in [4.78, 5) is 21.4. The lowest BCUT2D eigenvalue weighted by Crippen LogP contribution is -2.34. The molecule has 0 saturated carbocycles. The molecule has 3 aromatic rings. The first kappa shape index (κ1) is 18.5. The first-order chi connectivity index (χ1) is 14.3. The van der Waals surface area contributed by atoms with Crippen LogP contribution in [0.5, 0.6) is 0 Å². The lowest BCUT2D eigenvalue weighted by Gasteiger charge is -2.26. The van der Waals surface area contributed by atoms with Gasteiger partial charge in [-0.15, -0.1) is 11.3 Å². The van der Waals surface area contributed by atoms with Crippen molar-refractivity contribution in [2.45, 2.75) is 5.92 Å². The van der Waals surface area contributed by atoms with Crippen molar-refractivity contribution in [3.05, 3.63) is 88.4 Å². The van der Waals surface area contributed by atoms with Gasteiger partial charge in [0.1, 0.15) is 5.69 Å². The Bertz CT molecular complexity index is 891. The zero-order valence-electron chi connectivity index (χ0n) is 16.4. The van der Waals surface area contributed by atoms with Gasteiger partial charge in [-0.2, -0.15) is 0 Å². The van der Waals surface area contributed by atoms with E-state index in [-0.39, 0.29) is 5.91 Å². The number of hydrogen-bond acceptors (Lipinski definition) is 4. The van der Waals surface area contributed by atoms with E-state index in [1.165, 1.54) is 22.5 Å². The quantitative estimate of drug-likeness (QED) is 0.647. The summed E-state index contributed by atoms with van der Waals surface area (Å²) >= 11 is 1.48. The molecule has 0 N–H and O–H groups in total. The van der Waals surface area contributed by atoms with Gasteiger partial charge in [0.25, 0.3) is 5.91 Å². The van der Waals surface area contributed by atoms with Gasteiger partial charge in [-0.25, -0.2) is 4.98 Å². The summed E-state index contributed by atoms with van der Waals surface area (Å²) in [6, 6.07) is 21.6. The predicted molar refractivity (Wildman–Crippen MR) is 116 cm³/mol. The lowest BCUT2D eigenvalue weighted by molar-refractivity contribution is 0.0769. The molecule has 2 saturated heterocycles. The van der Waals surface area contributed by atoms with Gasteiger partial charge >= 0.3 is 0 Å². The molecule has 2 aliphatic heterocycles. The number of aromatic nitrogens is 1. The van der Waals surface area contributed by atoms with Gasteiger partial charge in [-0.3, -0.25) is 4.79 Å². The van der Waals surface area contributed by atoms with Crippen LogP contribution in [-0.2, 0) is 0 Å². The maximum Gasteiger partial charge on any atom is 0.273 e. The molecule has 5 rings (SSSR count). The Hall–Kier alpha value is -2.50. The normalized spacial score (nSPS) is 21.6. The fourth-order valence-corrected chi connectivity index (χ4v) is 5.44. The van der Waals surface area contributed by atoms with Crippen molar-refractivity contribution in [2.24, 2.45) is 11.8 Å². The van der Waals surface area contributed by atoms with E-state index in [2.05, 4.69) is 70.5 Å². The number of benzene rings is 2. The third kappa shape index (κ3) is 3.85. The van der Waals surface area contributed by atoms with Gasteiger partial charge in [0, 0.05) is 44.0 Å². The average Bonchev–Trinajstić information content (AvgIpc) is 3.49. The molecular formula is C24H25N3OS. The van der Waals surface area contributed by atoms with E-state index in [9.17, 15) is 4.79 Å². The molecule has 2 atom stereocenters. The van der Waals surface area contributed by atoms with E-state index < -0.39 is 0 Å². The number of rotatable bonds is 5. The van der Waals surface area contributed by atoms with Crippen LogP contribution >= 0.6 is 11.3 Å². The number of carbonyl (C=O) groups excluding carboxylic acids is 1. The number of thiazole rings is 1. The number of fused-ring (bicyclic) bond motifs is 1. The van der Waals surface area contributed by atoms with Crippen molar-refractivity contribution < 1.29 is 4.79 Å². The van der Waals surface area contributed by atoms with E-state index in [0.29, 0.717) is 23.4 Å². The molecule has 2 fully saturated rings. The summed E-state index contributed by atoms with van der Waals surface area (Å²) in [6.45, 7) is 4.89. The van der Waals surface area contributed by atoms with Crippen LogP contribution in [-0.4, -0.2) is 53.4 Å². The molecule has 2 aliphatic rings. The highest BCUT2D eigenvalue weighted by Gasteiger charge is 2.42. The monoisotopic (exact) mass is 403 g/mol. The van der Waals surface area contributed by atoms with Crippen LogP contribution < -0.4 is 0 Å². The minimum absolute atomic E-state index is 0.0960. The second-order valence-electron chi connectivity index (χ2n) is 8.20. The third-order valence-electron chi connectivity index (χ3n) is 6.35. The number of nitrogens with zero attached hydrogens (tertiary/aromatic N) is 3. The summed E-state index contributed by atoms with van der Waals surface area (Å²) in [7, 11) is 0.